The van der Waals surface area contributed by atoms with Gasteiger partial charge in [-0.1, -0.05) is 13.8 Å². The highest BCUT2D eigenvalue weighted by Gasteiger charge is 2.32. The van der Waals surface area contributed by atoms with E-state index in [2.05, 4.69) is 4.98 Å². The minimum absolute atomic E-state index is 0.156. The lowest BCUT2D eigenvalue weighted by molar-refractivity contribution is -0.124. The highest BCUT2D eigenvalue weighted by atomic mass is 32.1. The number of fused-ring (bicyclic) bond motifs is 1. The summed E-state index contributed by atoms with van der Waals surface area (Å²) in [4.78, 5) is 30.2. The van der Waals surface area contributed by atoms with E-state index in [1.807, 2.05) is 13.8 Å². The van der Waals surface area contributed by atoms with Crippen LogP contribution < -0.4 is 5.73 Å². The second-order valence-corrected chi connectivity index (χ2v) is 7.80. The van der Waals surface area contributed by atoms with Crippen molar-refractivity contribution in [1.82, 2.24) is 9.88 Å². The summed E-state index contributed by atoms with van der Waals surface area (Å²) in [6.45, 7) is 7.37. The maximum absolute atomic E-state index is 13.3. The standard InChI is InChI=1S/C18H24FN3O3S/c1-10(2)16(17(20)23)22(18(24)25-11(3)4)8-7-15-21-13-6-5-12(19)9-14(13)26-15/h5-6,9-11,16H,7-8H2,1-4H3,(H2,20,23)/t16-/m0/s1. The largest absolute Gasteiger partial charge is 0.447 e. The second-order valence-electron chi connectivity index (χ2n) is 6.69. The molecule has 8 heteroatoms. The third-order valence-corrected chi connectivity index (χ3v) is 4.87. The Morgan fingerprint density at radius 2 is 2.00 bits per heavy atom. The highest BCUT2D eigenvalue weighted by molar-refractivity contribution is 7.18. The first-order chi connectivity index (χ1) is 12.2. The molecule has 0 radical (unpaired) electrons. The molecular weight excluding hydrogens is 357 g/mol. The molecule has 0 aliphatic heterocycles. The third-order valence-electron chi connectivity index (χ3n) is 3.79. The Hall–Kier alpha value is -2.22. The quantitative estimate of drug-likeness (QED) is 0.797. The van der Waals surface area contributed by atoms with E-state index in [0.29, 0.717) is 11.9 Å². The smallest absolute Gasteiger partial charge is 0.410 e. The zero-order valence-corrected chi connectivity index (χ0v) is 16.2. The molecule has 6 nitrogen and oxygen atoms in total. The number of carbonyl (C=O) groups is 2. The minimum atomic E-state index is -0.770. The highest BCUT2D eigenvalue weighted by Crippen LogP contribution is 2.24. The molecule has 0 bridgehead atoms. The first-order valence-electron chi connectivity index (χ1n) is 8.50. The molecule has 0 unspecified atom stereocenters. The summed E-state index contributed by atoms with van der Waals surface area (Å²) in [5, 5.41) is 0.750. The van der Waals surface area contributed by atoms with Crippen LogP contribution in [-0.4, -0.2) is 40.6 Å². The Morgan fingerprint density at radius 1 is 1.31 bits per heavy atom. The summed E-state index contributed by atoms with van der Waals surface area (Å²) in [5.74, 6) is -1.05. The molecule has 1 aromatic heterocycles. The fraction of sp³-hybridized carbons (Fsp3) is 0.500. The molecule has 0 aliphatic carbocycles. The molecule has 2 aromatic rings. The van der Waals surface area contributed by atoms with Crippen LogP contribution in [0.25, 0.3) is 10.2 Å². The number of ether oxygens (including phenoxy) is 1. The number of carbonyl (C=O) groups excluding carboxylic acids is 2. The van der Waals surface area contributed by atoms with Crippen LogP contribution in [-0.2, 0) is 16.0 Å². The van der Waals surface area contributed by atoms with Gasteiger partial charge in [-0.15, -0.1) is 11.3 Å². The van der Waals surface area contributed by atoms with Crippen LogP contribution in [0.4, 0.5) is 9.18 Å². The Kier molecular flexibility index (Phi) is 6.52. The van der Waals surface area contributed by atoms with Gasteiger partial charge in [0.1, 0.15) is 11.9 Å². The number of nitrogens with zero attached hydrogens (tertiary/aromatic N) is 2. The van der Waals surface area contributed by atoms with E-state index in [1.54, 1.807) is 19.9 Å². The number of aromatic nitrogens is 1. The fourth-order valence-corrected chi connectivity index (χ4v) is 3.71. The average Bonchev–Trinajstić information content (AvgIpc) is 2.91. The average molecular weight is 381 g/mol. The van der Waals surface area contributed by atoms with E-state index in [4.69, 9.17) is 10.5 Å². The van der Waals surface area contributed by atoms with Gasteiger partial charge in [-0.3, -0.25) is 9.69 Å². The third kappa shape index (κ3) is 4.91. The lowest BCUT2D eigenvalue weighted by Gasteiger charge is -2.31. The molecule has 142 valence electrons. The molecule has 1 atom stereocenters. The second kappa shape index (κ2) is 8.44. The topological polar surface area (TPSA) is 85.5 Å². The zero-order valence-electron chi connectivity index (χ0n) is 15.4. The Balaban J connectivity index is 2.21. The molecule has 0 fully saturated rings. The van der Waals surface area contributed by atoms with Gasteiger partial charge in [0.25, 0.3) is 0 Å². The SMILES string of the molecule is CC(C)OC(=O)N(CCc1nc2ccc(F)cc2s1)[C@H](C(N)=O)C(C)C. The molecule has 0 saturated carbocycles. The monoisotopic (exact) mass is 381 g/mol. The van der Waals surface area contributed by atoms with Gasteiger partial charge < -0.3 is 10.5 Å². The van der Waals surface area contributed by atoms with E-state index in [-0.39, 0.29) is 24.4 Å². The summed E-state index contributed by atoms with van der Waals surface area (Å²) in [7, 11) is 0. The Morgan fingerprint density at radius 3 is 2.58 bits per heavy atom. The van der Waals surface area contributed by atoms with Crippen LogP contribution in [0.2, 0.25) is 0 Å². The summed E-state index contributed by atoms with van der Waals surface area (Å²) in [6.07, 6.45) is -0.467. The van der Waals surface area contributed by atoms with Gasteiger partial charge in [-0.2, -0.15) is 0 Å². The van der Waals surface area contributed by atoms with Crippen LogP contribution in [0.1, 0.15) is 32.7 Å². The van der Waals surface area contributed by atoms with Crippen molar-refractivity contribution in [3.8, 4) is 0 Å². The van der Waals surface area contributed by atoms with Gasteiger partial charge in [0.05, 0.1) is 21.3 Å². The van der Waals surface area contributed by atoms with Crippen LogP contribution in [0.5, 0.6) is 0 Å². The summed E-state index contributed by atoms with van der Waals surface area (Å²) < 4.78 is 19.3. The van der Waals surface area contributed by atoms with Crippen LogP contribution >= 0.6 is 11.3 Å². The van der Waals surface area contributed by atoms with Gasteiger partial charge in [-0.25, -0.2) is 14.2 Å². The van der Waals surface area contributed by atoms with E-state index in [9.17, 15) is 14.0 Å². The number of thiazole rings is 1. The summed E-state index contributed by atoms with van der Waals surface area (Å²) >= 11 is 1.36. The fourth-order valence-electron chi connectivity index (χ4n) is 2.72. The van der Waals surface area contributed by atoms with Crippen molar-refractivity contribution < 1.29 is 18.7 Å². The molecule has 2 amide bonds. The van der Waals surface area contributed by atoms with Crippen molar-refractivity contribution in [2.75, 3.05) is 6.54 Å². The first-order valence-corrected chi connectivity index (χ1v) is 9.32. The number of primary amides is 1. The van der Waals surface area contributed by atoms with E-state index in [1.165, 1.54) is 28.4 Å². The molecule has 0 aliphatic rings. The van der Waals surface area contributed by atoms with Crippen molar-refractivity contribution in [3.05, 3.63) is 29.0 Å². The first kappa shape index (κ1) is 20.1. The van der Waals surface area contributed by atoms with E-state index >= 15 is 0 Å². The van der Waals surface area contributed by atoms with E-state index < -0.39 is 18.0 Å². The molecule has 1 aromatic carbocycles. The molecule has 1 heterocycles. The van der Waals surface area contributed by atoms with Crippen molar-refractivity contribution in [2.45, 2.75) is 46.3 Å². The van der Waals surface area contributed by atoms with Crippen LogP contribution in [0.15, 0.2) is 18.2 Å². The van der Waals surface area contributed by atoms with Crippen molar-refractivity contribution in [1.29, 1.82) is 0 Å². The number of benzene rings is 1. The summed E-state index contributed by atoms with van der Waals surface area (Å²) in [5.41, 5.74) is 6.22. The molecule has 0 saturated heterocycles. The van der Waals surface area contributed by atoms with Crippen LogP contribution in [0, 0.1) is 11.7 Å². The number of hydrogen-bond acceptors (Lipinski definition) is 5. The lowest BCUT2D eigenvalue weighted by atomic mass is 10.0. The number of halogens is 1. The maximum atomic E-state index is 13.3. The van der Waals surface area contributed by atoms with Gasteiger partial charge in [0, 0.05) is 13.0 Å². The van der Waals surface area contributed by atoms with Crippen molar-refractivity contribution in [3.63, 3.8) is 0 Å². The Labute approximate surface area is 156 Å². The predicted molar refractivity (Wildman–Crippen MR) is 99.4 cm³/mol. The predicted octanol–water partition coefficient (Wildman–Crippen LogP) is 3.33. The molecule has 2 rings (SSSR count). The van der Waals surface area contributed by atoms with Gasteiger partial charge >= 0.3 is 6.09 Å². The number of hydrogen-bond donors (Lipinski definition) is 1. The zero-order chi connectivity index (χ0) is 19.4. The molecule has 2 N–H and O–H groups in total. The van der Waals surface area contributed by atoms with E-state index in [0.717, 1.165) is 9.71 Å². The van der Waals surface area contributed by atoms with Gasteiger partial charge in [-0.05, 0) is 38.0 Å². The Bertz CT molecular complexity index is 791. The van der Waals surface area contributed by atoms with Gasteiger partial charge in [0.15, 0.2) is 0 Å². The lowest BCUT2D eigenvalue weighted by Crippen LogP contribution is -2.52. The minimum Gasteiger partial charge on any atom is -0.447 e. The molecule has 0 spiro atoms. The maximum Gasteiger partial charge on any atom is 0.410 e. The number of rotatable bonds is 7. The normalized spacial score (nSPS) is 12.6. The summed E-state index contributed by atoms with van der Waals surface area (Å²) in [6, 6.07) is 3.64. The van der Waals surface area contributed by atoms with Crippen molar-refractivity contribution >= 4 is 33.6 Å². The number of nitrogens with two attached hydrogens (primary N) is 1. The molecule has 26 heavy (non-hydrogen) atoms. The van der Waals surface area contributed by atoms with Crippen molar-refractivity contribution in [2.24, 2.45) is 11.7 Å². The van der Waals surface area contributed by atoms with Crippen LogP contribution in [0.3, 0.4) is 0 Å². The molecular formula is C18H24FN3O3S. The van der Waals surface area contributed by atoms with Gasteiger partial charge in [0.2, 0.25) is 5.91 Å². The number of amides is 2.